The normalized spacial score (nSPS) is 16.2. The van der Waals surface area contributed by atoms with Gasteiger partial charge in [-0.05, 0) is 140 Å². The van der Waals surface area contributed by atoms with Crippen LogP contribution in [0.2, 0.25) is 0 Å². The molecule has 2 aliphatic carbocycles. The predicted octanol–water partition coefficient (Wildman–Crippen LogP) is 12.2. The van der Waals surface area contributed by atoms with Crippen LogP contribution in [0.15, 0.2) is 151 Å². The van der Waals surface area contributed by atoms with Crippen molar-refractivity contribution in [1.82, 2.24) is 0 Å². The highest BCUT2D eigenvalue weighted by Gasteiger charge is 2.37. The Bertz CT molecular complexity index is 2730. The molecule has 0 fully saturated rings. The summed E-state index contributed by atoms with van der Waals surface area (Å²) in [6.45, 7) is 11.1. The summed E-state index contributed by atoms with van der Waals surface area (Å²) >= 11 is 0. The molecule has 0 amide bonds. The van der Waals surface area contributed by atoms with Crippen molar-refractivity contribution in [2.24, 2.45) is 0 Å². The van der Waals surface area contributed by atoms with E-state index < -0.39 is 5.97 Å². The van der Waals surface area contributed by atoms with E-state index in [4.69, 9.17) is 0 Å². The number of carboxylic acids is 1. The molecule has 0 bridgehead atoms. The zero-order chi connectivity index (χ0) is 40.6. The number of carboxylic acid groups (broad SMARTS) is 1. The van der Waals surface area contributed by atoms with Gasteiger partial charge < -0.3 is 14.9 Å². The van der Waals surface area contributed by atoms with Crippen molar-refractivity contribution >= 4 is 34.3 Å². The van der Waals surface area contributed by atoms with Crippen molar-refractivity contribution in [1.29, 1.82) is 5.26 Å². The Morgan fingerprint density at radius 3 is 1.53 bits per heavy atom. The van der Waals surface area contributed by atoms with Crippen LogP contribution in [0, 0.1) is 11.3 Å². The number of fused-ring (bicyclic) bond motifs is 8. The topological polar surface area (TPSA) is 67.6 Å². The van der Waals surface area contributed by atoms with Gasteiger partial charge in [-0.3, -0.25) is 0 Å². The van der Waals surface area contributed by atoms with Crippen LogP contribution in [-0.2, 0) is 28.5 Å². The molecule has 0 radical (unpaired) electrons. The Labute approximate surface area is 346 Å². The first-order chi connectivity index (χ1) is 28.5. The zero-order valence-electron chi connectivity index (χ0n) is 33.9. The second kappa shape index (κ2) is 13.6. The molecule has 10 rings (SSSR count). The zero-order valence-corrected chi connectivity index (χ0v) is 33.9. The summed E-state index contributed by atoms with van der Waals surface area (Å²) in [5.74, 6) is -1.24. The Morgan fingerprint density at radius 2 is 1.05 bits per heavy atom. The molecule has 6 aromatic carbocycles. The highest BCUT2D eigenvalue weighted by atomic mass is 16.4. The van der Waals surface area contributed by atoms with E-state index in [1.54, 1.807) is 12.1 Å². The number of nitrogens with zero attached hydrogens (tertiary/aromatic N) is 3. The molecule has 4 aliphatic rings. The molecule has 0 unspecified atom stereocenters. The van der Waals surface area contributed by atoms with Crippen molar-refractivity contribution in [3.05, 3.63) is 196 Å². The molecule has 0 saturated heterocycles. The van der Waals surface area contributed by atoms with Crippen LogP contribution in [0.1, 0.15) is 72.2 Å². The molecule has 0 atom stereocenters. The smallest absolute Gasteiger partial charge is 0.346 e. The van der Waals surface area contributed by atoms with Crippen molar-refractivity contribution in [3.63, 3.8) is 0 Å². The van der Waals surface area contributed by atoms with Crippen molar-refractivity contribution in [2.45, 2.75) is 51.4 Å². The molecule has 0 spiro atoms. The van der Waals surface area contributed by atoms with Crippen LogP contribution < -0.4 is 9.80 Å². The molecule has 288 valence electrons. The first-order valence-electron chi connectivity index (χ1n) is 20.6. The van der Waals surface area contributed by atoms with Gasteiger partial charge in [-0.15, -0.1) is 0 Å². The maximum Gasteiger partial charge on any atom is 0.346 e. The number of allylic oxidation sites excluding steroid dienone is 4. The second-order valence-electron chi connectivity index (χ2n) is 17.3. The lowest BCUT2D eigenvalue weighted by Crippen LogP contribution is -2.17. The number of carbonyl (C=O) groups is 1. The standard InChI is InChI=1S/C54H45N3O2/c1-53(2)46-15-9-7-13-42(46)44-21-19-39(31-48(44)53)56-27-25-36-29-34(17-23-50(36)56)41(12-6-5-11-38(33-55)52(58)59)35-18-24-51-37(30-35)26-28-57(51)40-20-22-45-43-14-8-10-16-47(43)54(3,4)49(45)32-40/h5-24,29-32H,25-28H2,1-4H3,(H,58,59)/b6-5+,38-11+. The van der Waals surface area contributed by atoms with Crippen molar-refractivity contribution in [3.8, 4) is 28.3 Å². The van der Waals surface area contributed by atoms with Gasteiger partial charge in [-0.2, -0.15) is 5.26 Å². The summed E-state index contributed by atoms with van der Waals surface area (Å²) in [5.41, 5.74) is 21.1. The number of benzene rings is 6. The van der Waals surface area contributed by atoms with E-state index in [2.05, 4.69) is 159 Å². The van der Waals surface area contributed by atoms with E-state index in [1.807, 2.05) is 12.2 Å². The number of hydrogen-bond acceptors (Lipinski definition) is 4. The molecule has 2 heterocycles. The Morgan fingerprint density at radius 1 is 0.593 bits per heavy atom. The van der Waals surface area contributed by atoms with Crippen LogP contribution >= 0.6 is 0 Å². The Kier molecular flexibility index (Phi) is 8.40. The average molecular weight is 768 g/mol. The number of anilines is 4. The van der Waals surface area contributed by atoms with Crippen LogP contribution in [0.25, 0.3) is 27.8 Å². The summed E-state index contributed by atoms with van der Waals surface area (Å²) in [6, 6.07) is 46.8. The SMILES string of the molecule is CC1(C)c2ccccc2-c2ccc(N3CCc4cc(C(=C/C=C/C=C(\C#N)C(=O)O)c5ccc6c(c5)CCN6c5ccc6c(c5)C(C)(C)c5ccccc5-6)ccc43)cc21. The molecule has 5 nitrogen and oxygen atoms in total. The predicted molar refractivity (Wildman–Crippen MR) is 240 cm³/mol. The minimum atomic E-state index is -1.24. The molecule has 1 N–H and O–H groups in total. The van der Waals surface area contributed by atoms with Crippen LogP contribution in [0.3, 0.4) is 0 Å². The minimum absolute atomic E-state index is 0.0628. The van der Waals surface area contributed by atoms with E-state index in [9.17, 15) is 15.2 Å². The lowest BCUT2D eigenvalue weighted by Gasteiger charge is -2.25. The summed E-state index contributed by atoms with van der Waals surface area (Å²) in [6.07, 6.45) is 8.73. The lowest BCUT2D eigenvalue weighted by atomic mass is 9.82. The fraction of sp³-hybridized carbons (Fsp3) is 0.185. The summed E-state index contributed by atoms with van der Waals surface area (Å²) < 4.78 is 0. The van der Waals surface area contributed by atoms with E-state index in [1.165, 1.54) is 84.5 Å². The number of aliphatic carboxylic acids is 1. The first kappa shape index (κ1) is 36.4. The molecular weight excluding hydrogens is 723 g/mol. The fourth-order valence-corrected chi connectivity index (χ4v) is 10.2. The molecule has 0 aromatic heterocycles. The van der Waals surface area contributed by atoms with E-state index in [-0.39, 0.29) is 16.4 Å². The van der Waals surface area contributed by atoms with E-state index in [0.717, 1.165) is 42.6 Å². The maximum atomic E-state index is 11.5. The number of nitriles is 1. The average Bonchev–Trinajstić information content (AvgIpc) is 3.98. The van der Waals surface area contributed by atoms with Crippen molar-refractivity contribution in [2.75, 3.05) is 22.9 Å². The van der Waals surface area contributed by atoms with Crippen molar-refractivity contribution < 1.29 is 9.90 Å². The van der Waals surface area contributed by atoms with Gasteiger partial charge in [0.2, 0.25) is 0 Å². The van der Waals surface area contributed by atoms with Crippen LogP contribution in [0.4, 0.5) is 22.7 Å². The molecular formula is C54H45N3O2. The number of rotatable bonds is 7. The Balaban J connectivity index is 0.982. The summed E-state index contributed by atoms with van der Waals surface area (Å²) in [5, 5.41) is 18.7. The van der Waals surface area contributed by atoms with Gasteiger partial charge in [0, 0.05) is 46.7 Å². The van der Waals surface area contributed by atoms with E-state index >= 15 is 0 Å². The quantitative estimate of drug-likeness (QED) is 0.0995. The van der Waals surface area contributed by atoms with E-state index in [0.29, 0.717) is 0 Å². The van der Waals surface area contributed by atoms with Gasteiger partial charge >= 0.3 is 5.97 Å². The molecule has 6 aromatic rings. The number of hydrogen-bond donors (Lipinski definition) is 1. The highest BCUT2D eigenvalue weighted by Crippen LogP contribution is 2.52. The minimum Gasteiger partial charge on any atom is -0.477 e. The largest absolute Gasteiger partial charge is 0.477 e. The van der Waals surface area contributed by atoms with Gasteiger partial charge in [0.1, 0.15) is 11.6 Å². The van der Waals surface area contributed by atoms with Gasteiger partial charge in [0.05, 0.1) is 0 Å². The molecule has 59 heavy (non-hydrogen) atoms. The fourth-order valence-electron chi connectivity index (χ4n) is 10.2. The van der Waals surface area contributed by atoms with Crippen LogP contribution in [-0.4, -0.2) is 24.2 Å². The summed E-state index contributed by atoms with van der Waals surface area (Å²) in [7, 11) is 0. The molecule has 2 aliphatic heterocycles. The molecule has 0 saturated carbocycles. The van der Waals surface area contributed by atoms with Gasteiger partial charge in [-0.1, -0.05) is 119 Å². The third-order valence-electron chi connectivity index (χ3n) is 13.3. The lowest BCUT2D eigenvalue weighted by molar-refractivity contribution is -0.132. The van der Waals surface area contributed by atoms with Gasteiger partial charge in [0.25, 0.3) is 0 Å². The first-order valence-corrected chi connectivity index (χ1v) is 20.6. The Hall–Kier alpha value is -6.90. The summed E-state index contributed by atoms with van der Waals surface area (Å²) in [4.78, 5) is 16.4. The highest BCUT2D eigenvalue weighted by molar-refractivity contribution is 5.92. The third kappa shape index (κ3) is 5.77. The monoisotopic (exact) mass is 767 g/mol. The third-order valence-corrected chi connectivity index (χ3v) is 13.3. The van der Waals surface area contributed by atoms with Gasteiger partial charge in [-0.25, -0.2) is 4.79 Å². The van der Waals surface area contributed by atoms with Crippen LogP contribution in [0.5, 0.6) is 0 Å². The maximum absolute atomic E-state index is 11.5. The second-order valence-corrected chi connectivity index (χ2v) is 17.3. The van der Waals surface area contributed by atoms with Gasteiger partial charge in [0.15, 0.2) is 0 Å². The molecule has 5 heteroatoms.